The summed E-state index contributed by atoms with van der Waals surface area (Å²) >= 11 is 1.82. The minimum Gasteiger partial charge on any atom is -0.508 e. The van der Waals surface area contributed by atoms with E-state index in [1.165, 1.54) is 126 Å². The normalized spacial score (nSPS) is 20.6. The van der Waals surface area contributed by atoms with Gasteiger partial charge in [-0.3, -0.25) is 9.56 Å². The fraction of sp³-hybridized carbons (Fsp3) is 0.436. The molecule has 1 saturated carbocycles. The quantitative estimate of drug-likeness (QED) is 0.187. The Balaban J connectivity index is 0.000000155. The molecule has 63 heavy (non-hydrogen) atoms. The Morgan fingerprint density at radius 2 is 1.33 bits per heavy atom. The zero-order valence-corrected chi connectivity index (χ0v) is 39.3. The van der Waals surface area contributed by atoms with Crippen LogP contribution >= 0.6 is 11.3 Å². The van der Waals surface area contributed by atoms with Crippen LogP contribution in [0.2, 0.25) is 0 Å². The van der Waals surface area contributed by atoms with Crippen LogP contribution in [0.4, 0.5) is 5.69 Å². The molecule has 1 atom stereocenters. The predicted octanol–water partition coefficient (Wildman–Crippen LogP) is 12.5. The van der Waals surface area contributed by atoms with Gasteiger partial charge in [-0.15, -0.1) is 21.5 Å². The minimum atomic E-state index is -0.0379. The number of aromatic hydroxyl groups is 1. The lowest BCUT2D eigenvalue weighted by Crippen LogP contribution is -2.47. The number of nitrogens with zero attached hydrogens (tertiary/aromatic N) is 6. The van der Waals surface area contributed by atoms with Crippen molar-refractivity contribution in [1.29, 1.82) is 0 Å². The number of benzene rings is 4. The van der Waals surface area contributed by atoms with Crippen LogP contribution in [-0.2, 0) is 12.8 Å². The van der Waals surface area contributed by atoms with Gasteiger partial charge in [-0.05, 0) is 131 Å². The predicted molar refractivity (Wildman–Crippen MR) is 263 cm³/mol. The highest BCUT2D eigenvalue weighted by Crippen LogP contribution is 2.40. The van der Waals surface area contributed by atoms with Gasteiger partial charge in [-0.2, -0.15) is 0 Å². The maximum atomic E-state index is 9.19. The Kier molecular flexibility index (Phi) is 14.6. The van der Waals surface area contributed by atoms with Crippen molar-refractivity contribution in [1.82, 2.24) is 19.7 Å². The van der Waals surface area contributed by atoms with E-state index in [0.717, 1.165) is 47.5 Å². The lowest BCUT2D eigenvalue weighted by atomic mass is 9.77. The average Bonchev–Trinajstić information content (AvgIpc) is 3.78. The number of phenolic OH excluding ortho intramolecular Hbond substituents is 1. The zero-order valence-electron chi connectivity index (χ0n) is 38.5. The van der Waals surface area contributed by atoms with E-state index in [2.05, 4.69) is 114 Å². The van der Waals surface area contributed by atoms with E-state index in [-0.39, 0.29) is 6.04 Å². The summed E-state index contributed by atoms with van der Waals surface area (Å²) in [5.74, 6) is 5.84. The molecule has 0 amide bonds. The Labute approximate surface area is 381 Å². The third-order valence-corrected chi connectivity index (χ3v) is 15.1. The lowest BCUT2D eigenvalue weighted by Gasteiger charge is -2.43. The summed E-state index contributed by atoms with van der Waals surface area (Å²) in [6, 6.07) is 37.6. The number of hydrogen-bond acceptors (Lipinski definition) is 7. The maximum Gasteiger partial charge on any atom is 0.162 e. The maximum absolute atomic E-state index is 9.19. The van der Waals surface area contributed by atoms with Crippen LogP contribution in [0, 0.1) is 38.5 Å². The second-order valence-electron chi connectivity index (χ2n) is 18.9. The van der Waals surface area contributed by atoms with Crippen LogP contribution in [0.5, 0.6) is 5.75 Å². The van der Waals surface area contributed by atoms with E-state index >= 15 is 0 Å². The first kappa shape index (κ1) is 44.6. The minimum absolute atomic E-state index is 0.0379. The lowest BCUT2D eigenvalue weighted by molar-refractivity contribution is 0.190. The topological polar surface area (TPSA) is 69.8 Å². The summed E-state index contributed by atoms with van der Waals surface area (Å²) in [5.41, 5.74) is 10.4. The number of likely N-dealkylation sites (N-methyl/N-ethyl adjacent to an activating group) is 1. The van der Waals surface area contributed by atoms with Gasteiger partial charge in [0.2, 0.25) is 0 Å². The summed E-state index contributed by atoms with van der Waals surface area (Å²) in [4.78, 5) is 11.4. The van der Waals surface area contributed by atoms with Gasteiger partial charge in [0, 0.05) is 53.8 Å². The second kappa shape index (κ2) is 20.6. The molecule has 4 aromatic carbocycles. The molecule has 0 radical (unpaired) electrons. The van der Waals surface area contributed by atoms with Crippen LogP contribution in [0.3, 0.4) is 0 Å². The molecule has 3 fully saturated rings. The van der Waals surface area contributed by atoms with Crippen molar-refractivity contribution in [2.45, 2.75) is 104 Å². The number of fused-ring (bicyclic) bond motifs is 4. The van der Waals surface area contributed by atoms with E-state index in [1.807, 2.05) is 66.8 Å². The van der Waals surface area contributed by atoms with E-state index in [0.29, 0.717) is 5.75 Å². The molecule has 330 valence electrons. The number of aromatic nitrogens is 3. The molecule has 3 aliphatic heterocycles. The molecule has 2 aliphatic carbocycles. The van der Waals surface area contributed by atoms with Crippen molar-refractivity contribution in [3.8, 4) is 10.8 Å². The molecule has 6 aromatic rings. The summed E-state index contributed by atoms with van der Waals surface area (Å²) in [6.45, 7) is 15.9. The standard InChI is InChI=1S/C29H37N5S.C10H13N.C10H12O.C6H6/c1-17-6-8-22(9-7-17)14-23-15-33(16-23)25-12-10-24(11-13-25)27-26-18(2)20(4)35-29(26)34-21(5)31-32-28(34)19(3)30-27;1-11-7-10(8-11)9-5-3-2-4-6-9;11-10-6-5-8-3-1-2-4-9(8)7-10;1-2-4-6-5-3-1/h10-13,17,19,22-23H,6-9,14-16H2,1-5H3;2-6,10H,7-8H2,1H3;5-7,11H,1-4H2;1-6H/t17?,19-,22?;;;/m0.../s1. The molecule has 0 spiro atoms. The van der Waals surface area contributed by atoms with E-state index in [4.69, 9.17) is 4.99 Å². The van der Waals surface area contributed by atoms with E-state index in [9.17, 15) is 5.11 Å². The number of aliphatic imine (C=N–C) groups is 1. The van der Waals surface area contributed by atoms with Gasteiger partial charge in [0.25, 0.3) is 0 Å². The molecule has 8 heteroatoms. The highest BCUT2D eigenvalue weighted by molar-refractivity contribution is 7.15. The van der Waals surface area contributed by atoms with Gasteiger partial charge in [0.1, 0.15) is 22.6 Å². The third kappa shape index (κ3) is 10.8. The Hall–Kier alpha value is -5.05. The first-order valence-electron chi connectivity index (χ1n) is 23.6. The Morgan fingerprint density at radius 3 is 1.98 bits per heavy atom. The fourth-order valence-corrected chi connectivity index (χ4v) is 11.2. The molecule has 1 N–H and O–H groups in total. The van der Waals surface area contributed by atoms with E-state index in [1.54, 1.807) is 6.07 Å². The van der Waals surface area contributed by atoms with Crippen LogP contribution in [0.15, 0.2) is 114 Å². The molecule has 2 saturated heterocycles. The summed E-state index contributed by atoms with van der Waals surface area (Å²) in [6.07, 6.45) is 12.1. The van der Waals surface area contributed by atoms with Crippen molar-refractivity contribution in [2.75, 3.05) is 38.1 Å². The highest BCUT2D eigenvalue weighted by Gasteiger charge is 2.32. The summed E-state index contributed by atoms with van der Waals surface area (Å²) in [5, 5.41) is 19.2. The molecule has 0 unspecified atom stereocenters. The Morgan fingerprint density at radius 1 is 0.698 bits per heavy atom. The Bertz CT molecular complexity index is 2370. The first-order chi connectivity index (χ1) is 30.6. The summed E-state index contributed by atoms with van der Waals surface area (Å²) in [7, 11) is 2.17. The first-order valence-corrected chi connectivity index (χ1v) is 24.4. The number of phenols is 1. The van der Waals surface area contributed by atoms with Crippen molar-refractivity contribution >= 4 is 22.7 Å². The van der Waals surface area contributed by atoms with Crippen LogP contribution in [-0.4, -0.2) is 63.7 Å². The number of anilines is 1. The van der Waals surface area contributed by atoms with Crippen molar-refractivity contribution in [3.63, 3.8) is 0 Å². The van der Waals surface area contributed by atoms with Crippen molar-refractivity contribution < 1.29 is 5.11 Å². The van der Waals surface area contributed by atoms with Crippen LogP contribution in [0.25, 0.3) is 5.00 Å². The van der Waals surface area contributed by atoms with Crippen LogP contribution in [0.1, 0.15) is 121 Å². The highest BCUT2D eigenvalue weighted by atomic mass is 32.1. The van der Waals surface area contributed by atoms with Gasteiger partial charge >= 0.3 is 0 Å². The molecule has 7 nitrogen and oxygen atoms in total. The number of aryl methyl sites for hydroxylation is 4. The number of hydrogen-bond donors (Lipinski definition) is 1. The van der Waals surface area contributed by atoms with Gasteiger partial charge in [0.05, 0.1) is 5.71 Å². The molecule has 11 rings (SSSR count). The van der Waals surface area contributed by atoms with Gasteiger partial charge in [0.15, 0.2) is 5.82 Å². The van der Waals surface area contributed by atoms with Crippen molar-refractivity contribution in [2.24, 2.45) is 22.7 Å². The molecular formula is C55H68N6OS. The molecule has 5 heterocycles. The molecular weight excluding hydrogens is 793 g/mol. The third-order valence-electron chi connectivity index (χ3n) is 14.0. The summed E-state index contributed by atoms with van der Waals surface area (Å²) < 4.78 is 2.21. The van der Waals surface area contributed by atoms with Crippen LogP contribution < -0.4 is 4.90 Å². The number of likely N-dealkylation sites (tertiary alicyclic amines) is 1. The number of thiophene rings is 1. The number of rotatable bonds is 5. The average molecular weight is 861 g/mol. The largest absolute Gasteiger partial charge is 0.508 e. The smallest absolute Gasteiger partial charge is 0.162 e. The van der Waals surface area contributed by atoms with Gasteiger partial charge in [-0.1, -0.05) is 118 Å². The van der Waals surface area contributed by atoms with Gasteiger partial charge < -0.3 is 14.9 Å². The van der Waals surface area contributed by atoms with E-state index < -0.39 is 0 Å². The molecule has 5 aliphatic rings. The molecule has 2 aromatic heterocycles. The monoisotopic (exact) mass is 861 g/mol. The SMILES string of the molecule is CN1CC(c2ccccc2)C1.Cc1sc2c(c1C)C(c1ccc(N3CC(CC4CCC(C)CC4)C3)cc1)=N[C@@H](C)c1nnc(C)n1-2.Oc1ccc2c(c1)CCCC2.c1ccccc1. The second-order valence-corrected chi connectivity index (χ2v) is 20.1. The van der Waals surface area contributed by atoms with Gasteiger partial charge in [-0.25, -0.2) is 0 Å². The zero-order chi connectivity index (χ0) is 43.9. The fourth-order valence-electron chi connectivity index (χ4n) is 10.0. The molecule has 0 bridgehead atoms. The van der Waals surface area contributed by atoms with Crippen molar-refractivity contribution in [3.05, 3.63) is 159 Å².